The van der Waals surface area contributed by atoms with E-state index in [4.69, 9.17) is 4.74 Å². The summed E-state index contributed by atoms with van der Waals surface area (Å²) in [5, 5.41) is 13.6. The second kappa shape index (κ2) is 6.36. The van der Waals surface area contributed by atoms with E-state index >= 15 is 0 Å². The average molecular weight is 351 g/mol. The zero-order valence-electron chi connectivity index (χ0n) is 11.0. The Bertz CT molecular complexity index is 703. The maximum Gasteiger partial charge on any atom is 0.312 e. The van der Waals surface area contributed by atoms with Crippen LogP contribution in [0.1, 0.15) is 10.4 Å². The molecule has 1 N–H and O–H groups in total. The predicted octanol–water partition coefficient (Wildman–Crippen LogP) is 3.62. The predicted molar refractivity (Wildman–Crippen MR) is 81.7 cm³/mol. The first-order valence-electron chi connectivity index (χ1n) is 5.91. The van der Waals surface area contributed by atoms with Crippen LogP contribution in [0.25, 0.3) is 0 Å². The molecule has 2 aromatic rings. The van der Waals surface area contributed by atoms with Gasteiger partial charge in [0, 0.05) is 16.2 Å². The number of nitro groups is 1. The molecular weight excluding hydrogens is 340 g/mol. The Balaban J connectivity index is 2.28. The first-order chi connectivity index (χ1) is 10.0. The number of nitrogens with zero attached hydrogens (tertiary/aromatic N) is 1. The number of benzene rings is 2. The van der Waals surface area contributed by atoms with Gasteiger partial charge in [0.05, 0.1) is 17.6 Å². The molecule has 0 fully saturated rings. The van der Waals surface area contributed by atoms with Gasteiger partial charge >= 0.3 is 5.69 Å². The van der Waals surface area contributed by atoms with E-state index in [-0.39, 0.29) is 17.3 Å². The molecule has 0 saturated carbocycles. The molecule has 0 aromatic heterocycles. The summed E-state index contributed by atoms with van der Waals surface area (Å²) >= 11 is 3.28. The molecule has 0 radical (unpaired) electrons. The van der Waals surface area contributed by atoms with E-state index in [1.165, 1.54) is 19.2 Å². The van der Waals surface area contributed by atoms with Crippen LogP contribution in [0, 0.1) is 10.1 Å². The molecule has 0 aliphatic rings. The van der Waals surface area contributed by atoms with Gasteiger partial charge < -0.3 is 10.1 Å². The fourth-order valence-corrected chi connectivity index (χ4v) is 2.22. The highest BCUT2D eigenvalue weighted by Crippen LogP contribution is 2.30. The number of hydrogen-bond acceptors (Lipinski definition) is 4. The molecule has 0 atom stereocenters. The van der Waals surface area contributed by atoms with Crippen LogP contribution in [0.2, 0.25) is 0 Å². The first kappa shape index (κ1) is 15.0. The van der Waals surface area contributed by atoms with Crippen molar-refractivity contribution in [3.05, 3.63) is 62.6 Å². The maximum absolute atomic E-state index is 12.1. The zero-order valence-corrected chi connectivity index (χ0v) is 12.6. The van der Waals surface area contributed by atoms with Gasteiger partial charge in [-0.05, 0) is 40.2 Å². The summed E-state index contributed by atoms with van der Waals surface area (Å²) < 4.78 is 5.55. The van der Waals surface area contributed by atoms with Crippen molar-refractivity contribution in [2.24, 2.45) is 0 Å². The topological polar surface area (TPSA) is 81.5 Å². The highest BCUT2D eigenvalue weighted by Gasteiger charge is 2.17. The number of carbonyl (C=O) groups is 1. The molecule has 6 nitrogen and oxygen atoms in total. The van der Waals surface area contributed by atoms with Crippen LogP contribution in [0.5, 0.6) is 5.75 Å². The van der Waals surface area contributed by atoms with Crippen molar-refractivity contribution in [3.8, 4) is 5.75 Å². The number of nitrogens with one attached hydrogen (secondary N) is 1. The minimum atomic E-state index is -0.563. The van der Waals surface area contributed by atoms with Crippen LogP contribution < -0.4 is 10.1 Å². The summed E-state index contributed by atoms with van der Waals surface area (Å²) in [5.74, 6) is -0.221. The van der Waals surface area contributed by atoms with Crippen LogP contribution in [0.15, 0.2) is 46.9 Å². The Morgan fingerprint density at radius 3 is 2.62 bits per heavy atom. The van der Waals surface area contributed by atoms with Crippen LogP contribution in [0.3, 0.4) is 0 Å². The normalized spacial score (nSPS) is 10.0. The molecule has 7 heteroatoms. The van der Waals surface area contributed by atoms with Crippen LogP contribution in [-0.4, -0.2) is 17.9 Å². The number of hydrogen-bond donors (Lipinski definition) is 1. The largest absolute Gasteiger partial charge is 0.490 e. The molecular formula is C14H11BrN2O4. The first-order valence-corrected chi connectivity index (χ1v) is 6.70. The Morgan fingerprint density at radius 1 is 1.29 bits per heavy atom. The summed E-state index contributed by atoms with van der Waals surface area (Å²) in [6.07, 6.45) is 0. The van der Waals surface area contributed by atoms with E-state index in [0.29, 0.717) is 15.7 Å². The third kappa shape index (κ3) is 3.38. The summed E-state index contributed by atoms with van der Waals surface area (Å²) in [6, 6.07) is 11.2. The summed E-state index contributed by atoms with van der Waals surface area (Å²) in [5.41, 5.74) is 0.557. The number of anilines is 1. The molecule has 0 bridgehead atoms. The number of amides is 1. The Labute approximate surface area is 129 Å². The summed E-state index contributed by atoms with van der Waals surface area (Å²) in [7, 11) is 1.35. The van der Waals surface area contributed by atoms with Gasteiger partial charge in [-0.15, -0.1) is 0 Å². The Morgan fingerprint density at radius 2 is 2.00 bits per heavy atom. The van der Waals surface area contributed by atoms with Gasteiger partial charge in [0.15, 0.2) is 5.75 Å². The molecule has 0 saturated heterocycles. The van der Waals surface area contributed by atoms with Crippen LogP contribution in [-0.2, 0) is 0 Å². The monoisotopic (exact) mass is 350 g/mol. The third-order valence-electron chi connectivity index (χ3n) is 2.75. The number of ether oxygens (including phenoxy) is 1. The van der Waals surface area contributed by atoms with Crippen molar-refractivity contribution in [2.45, 2.75) is 0 Å². The van der Waals surface area contributed by atoms with Gasteiger partial charge in [-0.1, -0.05) is 12.1 Å². The average Bonchev–Trinajstić information content (AvgIpc) is 2.47. The molecule has 0 aliphatic heterocycles. The third-order valence-corrected chi connectivity index (χ3v) is 3.44. The summed E-state index contributed by atoms with van der Waals surface area (Å²) in [6.45, 7) is 0. The van der Waals surface area contributed by atoms with E-state index in [9.17, 15) is 14.9 Å². The highest BCUT2D eigenvalue weighted by molar-refractivity contribution is 9.10. The quantitative estimate of drug-likeness (QED) is 0.674. The molecule has 0 unspecified atom stereocenters. The number of nitro benzene ring substituents is 1. The lowest BCUT2D eigenvalue weighted by Crippen LogP contribution is -2.12. The lowest BCUT2D eigenvalue weighted by Gasteiger charge is -2.08. The fourth-order valence-electron chi connectivity index (χ4n) is 1.75. The van der Waals surface area contributed by atoms with E-state index in [1.807, 2.05) is 0 Å². The van der Waals surface area contributed by atoms with Gasteiger partial charge in [0.1, 0.15) is 0 Å². The lowest BCUT2D eigenvalue weighted by molar-refractivity contribution is -0.385. The van der Waals surface area contributed by atoms with Gasteiger partial charge in [0.25, 0.3) is 5.91 Å². The Hall–Kier alpha value is -2.41. The highest BCUT2D eigenvalue weighted by atomic mass is 79.9. The van der Waals surface area contributed by atoms with E-state index in [0.717, 1.165) is 0 Å². The second-order valence-electron chi connectivity index (χ2n) is 4.08. The van der Waals surface area contributed by atoms with Crippen molar-refractivity contribution in [1.82, 2.24) is 0 Å². The van der Waals surface area contributed by atoms with E-state index in [2.05, 4.69) is 21.2 Å². The van der Waals surface area contributed by atoms with Crippen molar-refractivity contribution < 1.29 is 14.5 Å². The molecule has 0 aliphatic carbocycles. The van der Waals surface area contributed by atoms with Crippen molar-refractivity contribution >= 4 is 33.2 Å². The van der Waals surface area contributed by atoms with Crippen molar-refractivity contribution in [3.63, 3.8) is 0 Å². The minimum Gasteiger partial charge on any atom is -0.490 e. The van der Waals surface area contributed by atoms with Crippen molar-refractivity contribution in [2.75, 3.05) is 12.4 Å². The lowest BCUT2D eigenvalue weighted by atomic mass is 10.2. The zero-order chi connectivity index (χ0) is 15.4. The van der Waals surface area contributed by atoms with Gasteiger partial charge in [-0.3, -0.25) is 14.9 Å². The van der Waals surface area contributed by atoms with Crippen molar-refractivity contribution in [1.29, 1.82) is 0 Å². The standard InChI is InChI=1S/C14H11BrN2O4/c1-21-13-7-6-9(8-12(13)17(19)20)16-14(18)10-4-2-3-5-11(10)15/h2-8H,1H3,(H,16,18). The van der Waals surface area contributed by atoms with Gasteiger partial charge in [0.2, 0.25) is 0 Å². The molecule has 21 heavy (non-hydrogen) atoms. The van der Waals surface area contributed by atoms with E-state index in [1.54, 1.807) is 30.3 Å². The second-order valence-corrected chi connectivity index (χ2v) is 4.93. The fraction of sp³-hybridized carbons (Fsp3) is 0.0714. The molecule has 2 rings (SSSR count). The minimum absolute atomic E-state index is 0.138. The number of carbonyl (C=O) groups excluding carboxylic acids is 1. The molecule has 108 valence electrons. The molecule has 0 heterocycles. The summed E-state index contributed by atoms with van der Waals surface area (Å²) in [4.78, 5) is 22.5. The van der Waals surface area contributed by atoms with Gasteiger partial charge in [-0.2, -0.15) is 0 Å². The maximum atomic E-state index is 12.1. The molecule has 2 aromatic carbocycles. The number of methoxy groups -OCH3 is 1. The molecule has 1 amide bonds. The van der Waals surface area contributed by atoms with Crippen LogP contribution >= 0.6 is 15.9 Å². The smallest absolute Gasteiger partial charge is 0.312 e. The van der Waals surface area contributed by atoms with E-state index < -0.39 is 4.92 Å². The SMILES string of the molecule is COc1ccc(NC(=O)c2ccccc2Br)cc1[N+](=O)[O-]. The number of rotatable bonds is 4. The number of halogens is 1. The van der Waals surface area contributed by atoms with Crippen LogP contribution in [0.4, 0.5) is 11.4 Å². The van der Waals surface area contributed by atoms with Gasteiger partial charge in [-0.25, -0.2) is 0 Å². The Kier molecular flexibility index (Phi) is 4.54. The molecule has 0 spiro atoms.